The molecule has 8 aromatic rings. The second-order valence-electron chi connectivity index (χ2n) is 13.6. The Labute approximate surface area is 294 Å². The molecule has 0 atom stereocenters. The van der Waals surface area contributed by atoms with E-state index in [1.807, 2.05) is 66.7 Å². The molecule has 0 bridgehead atoms. The molecule has 2 aliphatic rings. The zero-order chi connectivity index (χ0) is 33.6. The van der Waals surface area contributed by atoms with E-state index in [9.17, 15) is 0 Å². The molecule has 240 valence electrons. The lowest BCUT2D eigenvalue weighted by molar-refractivity contribution is 0.360. The van der Waals surface area contributed by atoms with Gasteiger partial charge in [-0.1, -0.05) is 129 Å². The highest BCUT2D eigenvalue weighted by Gasteiger charge is 2.43. The topological polar surface area (TPSA) is 35.5 Å². The van der Waals surface area contributed by atoms with Gasteiger partial charge >= 0.3 is 0 Å². The van der Waals surface area contributed by atoms with Crippen LogP contribution in [0.3, 0.4) is 0 Å². The molecule has 1 aliphatic heterocycles. The lowest BCUT2D eigenvalue weighted by Crippen LogP contribution is -2.31. The SMILES string of the molecule is CC1(C)c2cc(-c3ccc4c(c3)Oc3cc5c(cc3O4)sc3ccccc35)ccc2-c2cccc(P(=O)(c3ccccc3)c3ccccc3)c21. The summed E-state index contributed by atoms with van der Waals surface area (Å²) in [5.74, 6) is 2.87. The van der Waals surface area contributed by atoms with Crippen molar-refractivity contribution < 1.29 is 14.0 Å². The maximum atomic E-state index is 15.6. The molecule has 0 saturated heterocycles. The summed E-state index contributed by atoms with van der Waals surface area (Å²) < 4.78 is 31.0. The van der Waals surface area contributed by atoms with Crippen molar-refractivity contribution in [3.8, 4) is 45.3 Å². The van der Waals surface area contributed by atoms with Crippen LogP contribution in [0.1, 0.15) is 25.0 Å². The lowest BCUT2D eigenvalue weighted by Gasteiger charge is -2.29. The molecule has 3 nitrogen and oxygen atoms in total. The summed E-state index contributed by atoms with van der Waals surface area (Å²) in [6.07, 6.45) is 0. The summed E-state index contributed by atoms with van der Waals surface area (Å²) >= 11 is 1.77. The van der Waals surface area contributed by atoms with Crippen molar-refractivity contribution in [2.75, 3.05) is 0 Å². The monoisotopic (exact) mass is 682 g/mol. The van der Waals surface area contributed by atoms with Gasteiger partial charge in [-0.2, -0.15) is 0 Å². The Bertz CT molecular complexity index is 2670. The zero-order valence-electron chi connectivity index (χ0n) is 27.5. The molecule has 0 unspecified atom stereocenters. The highest BCUT2D eigenvalue weighted by Crippen LogP contribution is 2.55. The smallest absolute Gasteiger partial charge is 0.171 e. The lowest BCUT2D eigenvalue weighted by atomic mass is 9.81. The molecule has 0 N–H and O–H groups in total. The third kappa shape index (κ3) is 4.25. The Morgan fingerprint density at radius 2 is 1.16 bits per heavy atom. The maximum absolute atomic E-state index is 15.6. The first-order valence-electron chi connectivity index (χ1n) is 16.9. The maximum Gasteiger partial charge on any atom is 0.171 e. The van der Waals surface area contributed by atoms with Crippen LogP contribution in [0.4, 0.5) is 0 Å². The highest BCUT2D eigenvalue weighted by molar-refractivity contribution is 7.85. The summed E-state index contributed by atoms with van der Waals surface area (Å²) in [7, 11) is -3.19. The molecule has 7 aromatic carbocycles. The van der Waals surface area contributed by atoms with Crippen LogP contribution in [0.15, 0.2) is 152 Å². The van der Waals surface area contributed by atoms with Gasteiger partial charge in [0.15, 0.2) is 30.1 Å². The van der Waals surface area contributed by atoms with Crippen molar-refractivity contribution in [3.63, 3.8) is 0 Å². The zero-order valence-corrected chi connectivity index (χ0v) is 29.2. The minimum atomic E-state index is -3.19. The Morgan fingerprint density at radius 3 is 1.94 bits per heavy atom. The van der Waals surface area contributed by atoms with Gasteiger partial charge in [0.25, 0.3) is 0 Å². The molecule has 10 rings (SSSR count). The van der Waals surface area contributed by atoms with E-state index < -0.39 is 12.6 Å². The van der Waals surface area contributed by atoms with Gasteiger partial charge in [0.1, 0.15) is 0 Å². The minimum absolute atomic E-state index is 0.391. The number of fused-ring (bicyclic) bond motifs is 8. The number of rotatable bonds is 4. The Morgan fingerprint density at radius 1 is 0.520 bits per heavy atom. The minimum Gasteiger partial charge on any atom is -0.449 e. The van der Waals surface area contributed by atoms with E-state index in [1.165, 1.54) is 31.3 Å². The summed E-state index contributed by atoms with van der Waals surface area (Å²) in [4.78, 5) is 0. The van der Waals surface area contributed by atoms with E-state index in [-0.39, 0.29) is 0 Å². The van der Waals surface area contributed by atoms with Crippen molar-refractivity contribution in [1.82, 2.24) is 0 Å². The predicted octanol–water partition coefficient (Wildman–Crippen LogP) is 11.6. The largest absolute Gasteiger partial charge is 0.449 e. The standard InChI is InChI=1S/C45H31O3PS/c1-45(2)36-24-28(29-21-23-37-38(25-29)48-39-26-35-33-16-9-10-19-42(33)50-43(35)27-40(39)47-37)20-22-32(36)34-17-11-18-41(44(34)45)49(46,30-12-5-3-6-13-30)31-14-7-4-8-15-31/h3-27H,1-2H3. The van der Waals surface area contributed by atoms with Crippen LogP contribution in [0.5, 0.6) is 23.0 Å². The molecular weight excluding hydrogens is 652 g/mol. The average molecular weight is 683 g/mol. The van der Waals surface area contributed by atoms with Crippen LogP contribution < -0.4 is 25.4 Å². The highest BCUT2D eigenvalue weighted by atomic mass is 32.1. The molecule has 50 heavy (non-hydrogen) atoms. The van der Waals surface area contributed by atoms with Crippen LogP contribution in [-0.4, -0.2) is 0 Å². The molecule has 0 amide bonds. The number of ether oxygens (including phenoxy) is 2. The second-order valence-corrected chi connectivity index (χ2v) is 17.4. The van der Waals surface area contributed by atoms with Gasteiger partial charge in [-0.05, 0) is 63.7 Å². The van der Waals surface area contributed by atoms with E-state index in [1.54, 1.807) is 11.3 Å². The molecule has 1 aromatic heterocycles. The quantitative estimate of drug-likeness (QED) is 0.173. The van der Waals surface area contributed by atoms with Gasteiger partial charge in [0.2, 0.25) is 0 Å². The van der Waals surface area contributed by atoms with Crippen molar-refractivity contribution in [2.24, 2.45) is 0 Å². The van der Waals surface area contributed by atoms with Crippen molar-refractivity contribution in [3.05, 3.63) is 163 Å². The van der Waals surface area contributed by atoms with Gasteiger partial charge in [-0.25, -0.2) is 0 Å². The summed E-state index contributed by atoms with van der Waals surface area (Å²) in [6.45, 7) is 4.53. The molecular formula is C45H31O3PS. The first-order valence-corrected chi connectivity index (χ1v) is 19.4. The predicted molar refractivity (Wildman–Crippen MR) is 208 cm³/mol. The molecule has 1 aliphatic carbocycles. The number of benzene rings is 7. The molecule has 0 fully saturated rings. The fourth-order valence-corrected chi connectivity index (χ4v) is 12.1. The average Bonchev–Trinajstić information content (AvgIpc) is 3.63. The Hall–Kier alpha value is -5.41. The summed E-state index contributed by atoms with van der Waals surface area (Å²) in [5.41, 5.74) is 6.43. The van der Waals surface area contributed by atoms with E-state index in [0.29, 0.717) is 11.5 Å². The molecule has 0 spiro atoms. The van der Waals surface area contributed by atoms with Crippen molar-refractivity contribution in [2.45, 2.75) is 19.3 Å². The number of hydrogen-bond acceptors (Lipinski definition) is 4. The van der Waals surface area contributed by atoms with Crippen LogP contribution in [0.25, 0.3) is 42.4 Å². The third-order valence-electron chi connectivity index (χ3n) is 10.4. The van der Waals surface area contributed by atoms with Gasteiger partial charge < -0.3 is 14.0 Å². The van der Waals surface area contributed by atoms with Gasteiger partial charge in [0, 0.05) is 47.6 Å². The van der Waals surface area contributed by atoms with E-state index in [0.717, 1.165) is 49.7 Å². The van der Waals surface area contributed by atoms with Gasteiger partial charge in [-0.3, -0.25) is 0 Å². The van der Waals surface area contributed by atoms with E-state index >= 15 is 4.57 Å². The molecule has 0 saturated carbocycles. The van der Waals surface area contributed by atoms with Crippen molar-refractivity contribution in [1.29, 1.82) is 0 Å². The van der Waals surface area contributed by atoms with Gasteiger partial charge in [0.05, 0.1) is 0 Å². The summed E-state index contributed by atoms with van der Waals surface area (Å²) in [6, 6.07) is 51.8. The second kappa shape index (κ2) is 10.8. The Balaban J connectivity index is 1.05. The third-order valence-corrected chi connectivity index (χ3v) is 14.6. The molecule has 2 heterocycles. The first kappa shape index (κ1) is 29.5. The van der Waals surface area contributed by atoms with Crippen LogP contribution in [0.2, 0.25) is 0 Å². The van der Waals surface area contributed by atoms with Crippen LogP contribution in [-0.2, 0) is 9.98 Å². The molecule has 0 radical (unpaired) electrons. The normalized spacial score (nSPS) is 14.0. The first-order chi connectivity index (χ1) is 24.4. The number of thiophene rings is 1. The fraction of sp³-hybridized carbons (Fsp3) is 0.0667. The van der Waals surface area contributed by atoms with Gasteiger partial charge in [-0.15, -0.1) is 11.3 Å². The van der Waals surface area contributed by atoms with Crippen molar-refractivity contribution >= 4 is 54.6 Å². The van der Waals surface area contributed by atoms with Crippen LogP contribution in [0, 0.1) is 0 Å². The summed E-state index contributed by atoms with van der Waals surface area (Å²) in [5, 5.41) is 5.00. The van der Waals surface area contributed by atoms with E-state index in [4.69, 9.17) is 9.47 Å². The number of hydrogen-bond donors (Lipinski definition) is 0. The Kier molecular flexibility index (Phi) is 6.37. The fourth-order valence-electron chi connectivity index (χ4n) is 7.98. The molecule has 5 heteroatoms. The van der Waals surface area contributed by atoms with Crippen LogP contribution >= 0.6 is 18.5 Å². The van der Waals surface area contributed by atoms with E-state index in [2.05, 4.69) is 98.8 Å².